The van der Waals surface area contributed by atoms with Crippen molar-refractivity contribution in [3.63, 3.8) is 0 Å². The lowest BCUT2D eigenvalue weighted by atomic mass is 9.95. The van der Waals surface area contributed by atoms with Crippen molar-refractivity contribution in [2.24, 2.45) is 5.92 Å². The van der Waals surface area contributed by atoms with Crippen LogP contribution in [0.25, 0.3) is 0 Å². The van der Waals surface area contributed by atoms with Crippen LogP contribution in [0.5, 0.6) is 0 Å². The van der Waals surface area contributed by atoms with Crippen LogP contribution in [-0.2, 0) is 4.79 Å². The van der Waals surface area contributed by atoms with Gasteiger partial charge in [0.25, 0.3) is 0 Å². The summed E-state index contributed by atoms with van der Waals surface area (Å²) < 4.78 is 1.09. The molecule has 0 saturated carbocycles. The molecule has 2 aliphatic rings. The van der Waals surface area contributed by atoms with E-state index in [2.05, 4.69) is 44.3 Å². The Kier molecular flexibility index (Phi) is 4.96. The highest BCUT2D eigenvalue weighted by atomic mass is 79.9. The Balaban J connectivity index is 1.67. The van der Waals surface area contributed by atoms with Crippen molar-refractivity contribution in [3.05, 3.63) is 34.3 Å². The smallest absolute Gasteiger partial charge is 0.223 e. The monoisotopic (exact) mass is 350 g/mol. The van der Waals surface area contributed by atoms with E-state index in [1.165, 1.54) is 18.4 Å². The van der Waals surface area contributed by atoms with E-state index in [9.17, 15) is 4.79 Å². The van der Waals surface area contributed by atoms with Gasteiger partial charge in [-0.25, -0.2) is 0 Å². The van der Waals surface area contributed by atoms with Crippen LogP contribution < -0.4 is 5.32 Å². The van der Waals surface area contributed by atoms with Gasteiger partial charge in [0.1, 0.15) is 0 Å². The van der Waals surface area contributed by atoms with Crippen molar-refractivity contribution in [2.75, 3.05) is 19.6 Å². The third-order valence-corrected chi connectivity index (χ3v) is 5.16. The predicted octanol–water partition coefficient (Wildman–Crippen LogP) is 3.50. The van der Waals surface area contributed by atoms with Crippen LogP contribution in [0.2, 0.25) is 0 Å². The molecule has 3 nitrogen and oxygen atoms in total. The van der Waals surface area contributed by atoms with Crippen molar-refractivity contribution in [1.29, 1.82) is 0 Å². The van der Waals surface area contributed by atoms with E-state index in [0.717, 1.165) is 36.9 Å². The lowest BCUT2D eigenvalue weighted by molar-refractivity contribution is -0.133. The van der Waals surface area contributed by atoms with Crippen LogP contribution in [0.3, 0.4) is 0 Å². The molecule has 4 heteroatoms. The molecule has 0 bridgehead atoms. The second-order valence-electron chi connectivity index (χ2n) is 6.22. The zero-order valence-corrected chi connectivity index (χ0v) is 13.9. The first-order valence-electron chi connectivity index (χ1n) is 7.99. The largest absolute Gasteiger partial charge is 0.336 e. The highest BCUT2D eigenvalue weighted by molar-refractivity contribution is 9.10. The van der Waals surface area contributed by atoms with E-state index in [1.807, 2.05) is 6.07 Å². The maximum Gasteiger partial charge on any atom is 0.223 e. The number of likely N-dealkylation sites (tertiary alicyclic amines) is 1. The Bertz CT molecular complexity index is 499. The molecule has 1 amide bonds. The Labute approximate surface area is 135 Å². The Morgan fingerprint density at radius 3 is 3.00 bits per heavy atom. The minimum Gasteiger partial charge on any atom is -0.336 e. The van der Waals surface area contributed by atoms with Gasteiger partial charge < -0.3 is 10.2 Å². The third kappa shape index (κ3) is 3.67. The Morgan fingerprint density at radius 1 is 1.33 bits per heavy atom. The lowest BCUT2D eigenvalue weighted by Crippen LogP contribution is -2.36. The van der Waals surface area contributed by atoms with Crippen LogP contribution in [-0.4, -0.2) is 30.4 Å². The number of nitrogens with zero attached hydrogens (tertiary/aromatic N) is 1. The Morgan fingerprint density at radius 2 is 2.24 bits per heavy atom. The molecular weight excluding hydrogens is 328 g/mol. The molecule has 3 rings (SSSR count). The highest BCUT2D eigenvalue weighted by Gasteiger charge is 2.31. The number of halogens is 1. The fraction of sp³-hybridized carbons (Fsp3) is 0.588. The van der Waals surface area contributed by atoms with E-state index in [0.29, 0.717) is 18.2 Å². The summed E-state index contributed by atoms with van der Waals surface area (Å²) in [5, 5.41) is 3.40. The number of hydrogen-bond acceptors (Lipinski definition) is 2. The summed E-state index contributed by atoms with van der Waals surface area (Å²) in [6.45, 7) is 3.02. The van der Waals surface area contributed by atoms with Crippen LogP contribution in [0, 0.1) is 5.92 Å². The van der Waals surface area contributed by atoms with Crippen molar-refractivity contribution >= 4 is 21.8 Å². The second kappa shape index (κ2) is 6.93. The summed E-state index contributed by atoms with van der Waals surface area (Å²) >= 11 is 3.53. The summed E-state index contributed by atoms with van der Waals surface area (Å²) in [5.74, 6) is 0.862. The van der Waals surface area contributed by atoms with E-state index in [1.54, 1.807) is 0 Å². The van der Waals surface area contributed by atoms with Gasteiger partial charge in [-0.1, -0.05) is 28.1 Å². The molecule has 2 heterocycles. The Hall–Kier alpha value is -0.870. The molecule has 21 heavy (non-hydrogen) atoms. The highest BCUT2D eigenvalue weighted by Crippen LogP contribution is 2.34. The van der Waals surface area contributed by atoms with Gasteiger partial charge in [0, 0.05) is 17.4 Å². The molecule has 0 aliphatic carbocycles. The fourth-order valence-corrected chi connectivity index (χ4v) is 4.01. The quantitative estimate of drug-likeness (QED) is 0.904. The number of benzene rings is 1. The van der Waals surface area contributed by atoms with Gasteiger partial charge in [-0.15, -0.1) is 0 Å². The molecule has 2 unspecified atom stereocenters. The fourth-order valence-electron chi connectivity index (χ4n) is 3.59. The van der Waals surface area contributed by atoms with Gasteiger partial charge in [0.05, 0.1) is 6.04 Å². The van der Waals surface area contributed by atoms with Crippen LogP contribution in [0.4, 0.5) is 0 Å². The van der Waals surface area contributed by atoms with E-state index >= 15 is 0 Å². The molecular formula is C17H23BrN2O. The number of hydrogen-bond donors (Lipinski definition) is 1. The zero-order valence-electron chi connectivity index (χ0n) is 12.4. The predicted molar refractivity (Wildman–Crippen MR) is 88.0 cm³/mol. The van der Waals surface area contributed by atoms with Crippen LogP contribution in [0.15, 0.2) is 28.7 Å². The van der Waals surface area contributed by atoms with E-state index in [-0.39, 0.29) is 6.04 Å². The van der Waals surface area contributed by atoms with Crippen molar-refractivity contribution < 1.29 is 4.79 Å². The summed E-state index contributed by atoms with van der Waals surface area (Å²) in [5.41, 5.74) is 1.26. The van der Waals surface area contributed by atoms with E-state index < -0.39 is 0 Å². The average molecular weight is 351 g/mol. The summed E-state index contributed by atoms with van der Waals surface area (Å²) in [6.07, 6.45) is 5.30. The molecule has 0 spiro atoms. The van der Waals surface area contributed by atoms with Crippen LogP contribution in [0.1, 0.15) is 43.7 Å². The second-order valence-corrected chi connectivity index (χ2v) is 7.13. The first kappa shape index (κ1) is 15.0. The zero-order chi connectivity index (χ0) is 14.7. The summed E-state index contributed by atoms with van der Waals surface area (Å²) in [6, 6.07) is 8.66. The molecule has 0 aromatic heterocycles. The molecule has 0 radical (unpaired) electrons. The number of nitrogens with one attached hydrogen (secondary N) is 1. The minimum atomic E-state index is 0.270. The molecule has 1 aromatic carbocycles. The average Bonchev–Trinajstić information content (AvgIpc) is 2.98. The molecule has 2 fully saturated rings. The first-order valence-corrected chi connectivity index (χ1v) is 8.79. The normalized spacial score (nSPS) is 26.0. The number of rotatable bonds is 3. The third-order valence-electron chi connectivity index (χ3n) is 4.67. The number of piperidine rings is 1. The number of carbonyl (C=O) groups is 1. The maximum atomic E-state index is 12.7. The van der Waals surface area contributed by atoms with Gasteiger partial charge in [0.2, 0.25) is 5.91 Å². The summed E-state index contributed by atoms with van der Waals surface area (Å²) in [7, 11) is 0. The SMILES string of the molecule is O=C(CC1CCCNC1)N1CCCC1c1cccc(Br)c1. The molecule has 1 N–H and O–H groups in total. The standard InChI is InChI=1S/C17H23BrN2O/c18-15-6-1-5-14(11-15)16-7-3-9-20(16)17(21)10-13-4-2-8-19-12-13/h1,5-6,11,13,16,19H,2-4,7-10,12H2. The van der Waals surface area contributed by atoms with Crippen LogP contribution >= 0.6 is 15.9 Å². The number of carbonyl (C=O) groups excluding carboxylic acids is 1. The molecule has 2 atom stereocenters. The lowest BCUT2D eigenvalue weighted by Gasteiger charge is -2.29. The number of amides is 1. The van der Waals surface area contributed by atoms with Crippen molar-refractivity contribution in [2.45, 2.75) is 38.1 Å². The van der Waals surface area contributed by atoms with E-state index in [4.69, 9.17) is 0 Å². The van der Waals surface area contributed by atoms with Gasteiger partial charge in [-0.2, -0.15) is 0 Å². The van der Waals surface area contributed by atoms with Crippen molar-refractivity contribution in [3.8, 4) is 0 Å². The minimum absolute atomic E-state index is 0.270. The van der Waals surface area contributed by atoms with Crippen molar-refractivity contribution in [1.82, 2.24) is 10.2 Å². The molecule has 2 aliphatic heterocycles. The van der Waals surface area contributed by atoms with Gasteiger partial charge >= 0.3 is 0 Å². The molecule has 114 valence electrons. The first-order chi connectivity index (χ1) is 10.2. The molecule has 2 saturated heterocycles. The maximum absolute atomic E-state index is 12.7. The topological polar surface area (TPSA) is 32.3 Å². The van der Waals surface area contributed by atoms with Gasteiger partial charge in [-0.05, 0) is 62.4 Å². The van der Waals surface area contributed by atoms with Gasteiger partial charge in [0.15, 0.2) is 0 Å². The van der Waals surface area contributed by atoms with Gasteiger partial charge in [-0.3, -0.25) is 4.79 Å². The summed E-state index contributed by atoms with van der Waals surface area (Å²) in [4.78, 5) is 14.8. The molecule has 1 aromatic rings.